The van der Waals surface area contributed by atoms with Crippen LogP contribution in [-0.2, 0) is 14.3 Å². The SMILES string of the molecule is O=C(OS(=O)(=O)c1cccc2ccccc12)c1ccccc1.[Na]. The van der Waals surface area contributed by atoms with Gasteiger partial charge >= 0.3 is 16.1 Å². The minimum absolute atomic E-state index is 0. The van der Waals surface area contributed by atoms with Crippen LogP contribution in [0.25, 0.3) is 10.8 Å². The van der Waals surface area contributed by atoms with Gasteiger partial charge in [0.2, 0.25) is 0 Å². The van der Waals surface area contributed by atoms with Crippen LogP contribution in [0.1, 0.15) is 10.4 Å². The van der Waals surface area contributed by atoms with E-state index in [4.69, 9.17) is 4.18 Å². The Morgan fingerprint density at radius 1 is 0.783 bits per heavy atom. The van der Waals surface area contributed by atoms with Crippen molar-refractivity contribution in [3.8, 4) is 0 Å². The van der Waals surface area contributed by atoms with Gasteiger partial charge in [0, 0.05) is 34.9 Å². The number of benzene rings is 3. The van der Waals surface area contributed by atoms with Crippen LogP contribution in [0.4, 0.5) is 0 Å². The van der Waals surface area contributed by atoms with Crippen molar-refractivity contribution in [1.29, 1.82) is 0 Å². The van der Waals surface area contributed by atoms with Gasteiger partial charge in [0.15, 0.2) is 0 Å². The van der Waals surface area contributed by atoms with E-state index in [-0.39, 0.29) is 40.0 Å². The minimum atomic E-state index is -4.18. The Morgan fingerprint density at radius 3 is 2.13 bits per heavy atom. The van der Waals surface area contributed by atoms with Crippen molar-refractivity contribution in [3.05, 3.63) is 78.4 Å². The molecule has 3 aromatic rings. The van der Waals surface area contributed by atoms with Gasteiger partial charge in [-0.2, -0.15) is 8.42 Å². The van der Waals surface area contributed by atoms with Crippen molar-refractivity contribution in [3.63, 3.8) is 0 Å². The zero-order chi connectivity index (χ0) is 15.6. The third-order valence-electron chi connectivity index (χ3n) is 3.21. The average Bonchev–Trinajstić information content (AvgIpc) is 2.54. The molecule has 1 radical (unpaired) electrons. The van der Waals surface area contributed by atoms with Gasteiger partial charge in [-0.15, -0.1) is 0 Å². The summed E-state index contributed by atoms with van der Waals surface area (Å²) in [4.78, 5) is 11.9. The Hall–Kier alpha value is -1.66. The van der Waals surface area contributed by atoms with Crippen molar-refractivity contribution in [1.82, 2.24) is 0 Å². The first-order chi connectivity index (χ1) is 10.6. The van der Waals surface area contributed by atoms with Gasteiger partial charge < -0.3 is 4.18 Å². The Kier molecular flexibility index (Phi) is 5.59. The number of fused-ring (bicyclic) bond motifs is 1. The topological polar surface area (TPSA) is 60.4 Å². The molecule has 0 aliphatic rings. The van der Waals surface area contributed by atoms with Crippen LogP contribution in [0.15, 0.2) is 77.7 Å². The molecule has 0 bridgehead atoms. The van der Waals surface area contributed by atoms with Crippen molar-refractivity contribution < 1.29 is 17.4 Å². The van der Waals surface area contributed by atoms with E-state index in [0.717, 1.165) is 5.39 Å². The first-order valence-electron chi connectivity index (χ1n) is 6.59. The molecule has 0 heterocycles. The Balaban J connectivity index is 0.00000192. The Bertz CT molecular complexity index is 932. The maximum atomic E-state index is 12.4. The van der Waals surface area contributed by atoms with E-state index in [0.29, 0.717) is 5.39 Å². The van der Waals surface area contributed by atoms with E-state index in [1.165, 1.54) is 18.2 Å². The van der Waals surface area contributed by atoms with E-state index in [1.807, 2.05) is 6.07 Å². The molecule has 3 rings (SSSR count). The Labute approximate surface area is 156 Å². The van der Waals surface area contributed by atoms with Crippen molar-refractivity contribution in [2.45, 2.75) is 4.90 Å². The summed E-state index contributed by atoms with van der Waals surface area (Å²) in [6.07, 6.45) is 0. The summed E-state index contributed by atoms with van der Waals surface area (Å²) < 4.78 is 29.5. The second-order valence-electron chi connectivity index (χ2n) is 4.67. The molecule has 23 heavy (non-hydrogen) atoms. The molecule has 0 N–H and O–H groups in total. The summed E-state index contributed by atoms with van der Waals surface area (Å²) in [7, 11) is -4.18. The van der Waals surface area contributed by atoms with Crippen molar-refractivity contribution in [2.75, 3.05) is 0 Å². The molecule has 3 aromatic carbocycles. The summed E-state index contributed by atoms with van der Waals surface area (Å²) in [5.41, 5.74) is 0.186. The van der Waals surface area contributed by atoms with Crippen LogP contribution in [0.5, 0.6) is 0 Å². The van der Waals surface area contributed by atoms with Gasteiger partial charge in [0.05, 0.1) is 5.56 Å². The van der Waals surface area contributed by atoms with Gasteiger partial charge in [-0.25, -0.2) is 4.79 Å². The Morgan fingerprint density at radius 2 is 1.39 bits per heavy atom. The molecule has 0 unspecified atom stereocenters. The fraction of sp³-hybridized carbons (Fsp3) is 0. The number of hydrogen-bond acceptors (Lipinski definition) is 4. The van der Waals surface area contributed by atoms with Crippen LogP contribution in [0.2, 0.25) is 0 Å². The first kappa shape index (κ1) is 17.7. The molecule has 6 heteroatoms. The minimum Gasteiger partial charge on any atom is -0.338 e. The van der Waals surface area contributed by atoms with Crippen LogP contribution >= 0.6 is 0 Å². The number of hydrogen-bond donors (Lipinski definition) is 0. The van der Waals surface area contributed by atoms with Crippen LogP contribution in [0.3, 0.4) is 0 Å². The predicted molar refractivity (Wildman–Crippen MR) is 88.7 cm³/mol. The van der Waals surface area contributed by atoms with E-state index in [1.54, 1.807) is 48.5 Å². The predicted octanol–water partition coefficient (Wildman–Crippen LogP) is 3.00. The molecule has 0 aliphatic heterocycles. The summed E-state index contributed by atoms with van der Waals surface area (Å²) in [6, 6.07) is 19.9. The summed E-state index contributed by atoms with van der Waals surface area (Å²) in [5, 5.41) is 1.28. The molecule has 0 aliphatic carbocycles. The van der Waals surface area contributed by atoms with Crippen LogP contribution in [0, 0.1) is 0 Å². The molecular formula is C17H12NaO4S. The standard InChI is InChI=1S/C17H12O4S.Na/c18-17(14-8-2-1-3-9-14)21-22(19,20)16-12-6-10-13-7-4-5-11-15(13)16;/h1-12H;. The molecule has 0 saturated carbocycles. The fourth-order valence-corrected chi connectivity index (χ4v) is 3.27. The van der Waals surface area contributed by atoms with E-state index in [9.17, 15) is 13.2 Å². The number of rotatable bonds is 3. The largest absolute Gasteiger partial charge is 0.354 e. The molecule has 4 nitrogen and oxygen atoms in total. The molecule has 0 saturated heterocycles. The van der Waals surface area contributed by atoms with Crippen molar-refractivity contribution in [2.24, 2.45) is 0 Å². The summed E-state index contributed by atoms with van der Waals surface area (Å²) >= 11 is 0. The number of carbonyl (C=O) groups is 1. The fourth-order valence-electron chi connectivity index (χ4n) is 2.18. The quantitative estimate of drug-likeness (QED) is 0.545. The average molecular weight is 335 g/mol. The monoisotopic (exact) mass is 335 g/mol. The van der Waals surface area contributed by atoms with Gasteiger partial charge in [-0.1, -0.05) is 54.6 Å². The van der Waals surface area contributed by atoms with E-state index < -0.39 is 16.1 Å². The summed E-state index contributed by atoms with van der Waals surface area (Å²) in [6.45, 7) is 0. The first-order valence-corrected chi connectivity index (χ1v) is 8.00. The molecular weight excluding hydrogens is 323 g/mol. The van der Waals surface area contributed by atoms with Gasteiger partial charge in [0.25, 0.3) is 0 Å². The second-order valence-corrected chi connectivity index (χ2v) is 6.18. The third kappa shape index (κ3) is 3.82. The second kappa shape index (κ2) is 7.27. The van der Waals surface area contributed by atoms with E-state index in [2.05, 4.69) is 0 Å². The smallest absolute Gasteiger partial charge is 0.338 e. The zero-order valence-electron chi connectivity index (χ0n) is 12.5. The molecule has 0 spiro atoms. The van der Waals surface area contributed by atoms with Gasteiger partial charge in [-0.3, -0.25) is 0 Å². The molecule has 0 fully saturated rings. The molecule has 0 amide bonds. The third-order valence-corrected chi connectivity index (χ3v) is 4.48. The van der Waals surface area contributed by atoms with Crippen LogP contribution < -0.4 is 0 Å². The molecule has 111 valence electrons. The maximum absolute atomic E-state index is 12.4. The maximum Gasteiger partial charge on any atom is 0.354 e. The summed E-state index contributed by atoms with van der Waals surface area (Å²) in [5.74, 6) is -0.895. The normalized spacial score (nSPS) is 10.8. The van der Waals surface area contributed by atoms with Crippen LogP contribution in [-0.4, -0.2) is 43.9 Å². The molecule has 0 aromatic heterocycles. The van der Waals surface area contributed by atoms with Gasteiger partial charge in [-0.05, 0) is 23.6 Å². The number of carbonyl (C=O) groups excluding carboxylic acids is 1. The van der Waals surface area contributed by atoms with Crippen molar-refractivity contribution >= 4 is 56.4 Å². The zero-order valence-corrected chi connectivity index (χ0v) is 15.3. The molecule has 0 atom stereocenters. The van der Waals surface area contributed by atoms with Gasteiger partial charge in [0.1, 0.15) is 4.90 Å². The van der Waals surface area contributed by atoms with E-state index >= 15 is 0 Å².